The Balaban J connectivity index is 1.94. The van der Waals surface area contributed by atoms with Gasteiger partial charge in [-0.2, -0.15) is 18.3 Å². The fraction of sp³-hybridized carbons (Fsp3) is 0.375. The van der Waals surface area contributed by atoms with Gasteiger partial charge in [0.25, 0.3) is 0 Å². The lowest BCUT2D eigenvalue weighted by atomic mass is 10.2. The van der Waals surface area contributed by atoms with Crippen LogP contribution in [0.15, 0.2) is 36.5 Å². The minimum atomic E-state index is -4.47. The van der Waals surface area contributed by atoms with E-state index in [1.54, 1.807) is 24.3 Å². The molecule has 1 unspecified atom stereocenters. The number of methoxy groups -OCH3 is 1. The van der Waals surface area contributed by atoms with Crippen LogP contribution < -0.4 is 11.1 Å². The Labute approximate surface area is 142 Å². The molecular weight excluding hydrogens is 337 g/mol. The van der Waals surface area contributed by atoms with Gasteiger partial charge in [0.15, 0.2) is 5.69 Å². The lowest BCUT2D eigenvalue weighted by Gasteiger charge is -2.12. The largest absolute Gasteiger partial charge is 0.435 e. The quantitative estimate of drug-likeness (QED) is 0.794. The molecular formula is C16H19F3N4O2. The number of hydrogen-bond donors (Lipinski definition) is 2. The van der Waals surface area contributed by atoms with Crippen LogP contribution >= 0.6 is 0 Å². The molecule has 0 aliphatic carbocycles. The summed E-state index contributed by atoms with van der Waals surface area (Å²) in [5.41, 5.74) is 5.81. The van der Waals surface area contributed by atoms with Gasteiger partial charge in [0.05, 0.1) is 18.2 Å². The van der Waals surface area contributed by atoms with Crippen molar-refractivity contribution in [3.8, 4) is 5.69 Å². The van der Waals surface area contributed by atoms with Crippen molar-refractivity contribution in [2.75, 3.05) is 13.7 Å². The molecule has 1 amide bonds. The van der Waals surface area contributed by atoms with Crippen LogP contribution in [0.3, 0.4) is 0 Å². The summed E-state index contributed by atoms with van der Waals surface area (Å²) in [5, 5.41) is 6.24. The molecule has 0 aliphatic rings. The summed E-state index contributed by atoms with van der Waals surface area (Å²) < 4.78 is 43.9. The molecule has 1 atom stereocenters. The number of nitrogens with one attached hydrogen (secondary N) is 1. The van der Waals surface area contributed by atoms with Gasteiger partial charge >= 0.3 is 6.18 Å². The Hall–Kier alpha value is -2.39. The highest BCUT2D eigenvalue weighted by molar-refractivity contribution is 5.76. The van der Waals surface area contributed by atoms with Crippen molar-refractivity contribution in [2.24, 2.45) is 5.73 Å². The van der Waals surface area contributed by atoms with Gasteiger partial charge < -0.3 is 15.8 Å². The van der Waals surface area contributed by atoms with Gasteiger partial charge in [-0.3, -0.25) is 4.79 Å². The number of hydrogen-bond acceptors (Lipinski definition) is 4. The van der Waals surface area contributed by atoms with Crippen LogP contribution in [0.1, 0.15) is 17.7 Å². The third-order valence-electron chi connectivity index (χ3n) is 3.58. The highest BCUT2D eigenvalue weighted by Crippen LogP contribution is 2.27. The number of rotatable bonds is 7. The Morgan fingerprint density at radius 3 is 2.52 bits per heavy atom. The van der Waals surface area contributed by atoms with E-state index in [2.05, 4.69) is 10.4 Å². The van der Waals surface area contributed by atoms with Gasteiger partial charge in [-0.05, 0) is 23.8 Å². The number of benzene rings is 1. The Morgan fingerprint density at radius 2 is 2.00 bits per heavy atom. The average molecular weight is 356 g/mol. The zero-order chi connectivity index (χ0) is 18.4. The van der Waals surface area contributed by atoms with E-state index in [4.69, 9.17) is 10.5 Å². The second kappa shape index (κ2) is 8.13. The second-order valence-corrected chi connectivity index (χ2v) is 5.38. The predicted molar refractivity (Wildman–Crippen MR) is 84.9 cm³/mol. The molecule has 1 aromatic carbocycles. The van der Waals surface area contributed by atoms with E-state index in [-0.39, 0.29) is 25.0 Å². The third kappa shape index (κ3) is 5.30. The van der Waals surface area contributed by atoms with Crippen LogP contribution in [0.2, 0.25) is 0 Å². The summed E-state index contributed by atoms with van der Waals surface area (Å²) >= 11 is 0. The van der Waals surface area contributed by atoms with E-state index >= 15 is 0 Å². The number of halogens is 3. The average Bonchev–Trinajstić information content (AvgIpc) is 3.08. The molecule has 2 aromatic rings. The summed E-state index contributed by atoms with van der Waals surface area (Å²) in [6.45, 7) is 0.551. The van der Waals surface area contributed by atoms with E-state index in [0.717, 1.165) is 16.3 Å². The van der Waals surface area contributed by atoms with Gasteiger partial charge in [-0.25, -0.2) is 4.68 Å². The zero-order valence-corrected chi connectivity index (χ0v) is 13.6. The first kappa shape index (κ1) is 18.9. The number of ether oxygens (including phenoxy) is 1. The Bertz CT molecular complexity index is 694. The zero-order valence-electron chi connectivity index (χ0n) is 13.6. The van der Waals surface area contributed by atoms with Crippen molar-refractivity contribution in [2.45, 2.75) is 25.2 Å². The summed E-state index contributed by atoms with van der Waals surface area (Å²) in [5.74, 6) is -0.191. The number of amides is 1. The van der Waals surface area contributed by atoms with Gasteiger partial charge in [0.1, 0.15) is 0 Å². The van der Waals surface area contributed by atoms with Crippen LogP contribution in [-0.4, -0.2) is 35.4 Å². The summed E-state index contributed by atoms with van der Waals surface area (Å²) in [6, 6.07) is 7.60. The van der Waals surface area contributed by atoms with Crippen LogP contribution in [0.4, 0.5) is 13.2 Å². The number of carbonyl (C=O) groups excluding carboxylic acids is 1. The molecule has 25 heavy (non-hydrogen) atoms. The number of nitrogens with two attached hydrogens (primary N) is 1. The van der Waals surface area contributed by atoms with E-state index < -0.39 is 11.9 Å². The molecule has 1 aromatic heterocycles. The fourth-order valence-electron chi connectivity index (χ4n) is 2.13. The molecule has 0 saturated heterocycles. The lowest BCUT2D eigenvalue weighted by Crippen LogP contribution is -2.31. The molecule has 6 nitrogen and oxygen atoms in total. The number of nitrogens with zero attached hydrogens (tertiary/aromatic N) is 2. The van der Waals surface area contributed by atoms with Crippen LogP contribution in [0.5, 0.6) is 0 Å². The number of alkyl halides is 3. The number of aromatic nitrogens is 2. The smallest absolute Gasteiger partial charge is 0.380 e. The molecule has 0 saturated carbocycles. The van der Waals surface area contributed by atoms with Crippen LogP contribution in [0.25, 0.3) is 5.69 Å². The van der Waals surface area contributed by atoms with Gasteiger partial charge in [0, 0.05) is 26.4 Å². The van der Waals surface area contributed by atoms with Crippen molar-refractivity contribution in [1.29, 1.82) is 0 Å². The highest BCUT2D eigenvalue weighted by Gasteiger charge is 2.33. The van der Waals surface area contributed by atoms with Gasteiger partial charge in [-0.1, -0.05) is 12.1 Å². The minimum absolute atomic E-state index is 0.165. The van der Waals surface area contributed by atoms with Crippen molar-refractivity contribution in [3.05, 3.63) is 47.8 Å². The van der Waals surface area contributed by atoms with Crippen molar-refractivity contribution < 1.29 is 22.7 Å². The maximum absolute atomic E-state index is 12.6. The molecule has 0 spiro atoms. The molecule has 136 valence electrons. The Morgan fingerprint density at radius 1 is 1.32 bits per heavy atom. The van der Waals surface area contributed by atoms with Crippen molar-refractivity contribution in [1.82, 2.24) is 15.1 Å². The van der Waals surface area contributed by atoms with E-state index in [0.29, 0.717) is 12.2 Å². The molecule has 0 fully saturated rings. The van der Waals surface area contributed by atoms with Crippen molar-refractivity contribution >= 4 is 5.91 Å². The monoisotopic (exact) mass is 356 g/mol. The van der Waals surface area contributed by atoms with E-state index in [1.807, 2.05) is 0 Å². The second-order valence-electron chi connectivity index (χ2n) is 5.38. The molecule has 0 aliphatic heterocycles. The number of carbonyl (C=O) groups is 1. The van der Waals surface area contributed by atoms with E-state index in [9.17, 15) is 18.0 Å². The first-order valence-electron chi connectivity index (χ1n) is 7.55. The molecule has 9 heteroatoms. The van der Waals surface area contributed by atoms with Crippen molar-refractivity contribution in [3.63, 3.8) is 0 Å². The first-order valence-corrected chi connectivity index (χ1v) is 7.55. The van der Waals surface area contributed by atoms with Gasteiger partial charge in [0.2, 0.25) is 5.91 Å². The maximum atomic E-state index is 12.6. The molecule has 0 radical (unpaired) electrons. The SMILES string of the molecule is COC(CN)CC(=O)NCc1ccc(-n2ccc(C(F)(F)F)n2)cc1. The fourth-order valence-corrected chi connectivity index (χ4v) is 2.13. The molecule has 3 N–H and O–H groups in total. The summed E-state index contributed by atoms with van der Waals surface area (Å²) in [4.78, 5) is 11.8. The normalized spacial score (nSPS) is 12.8. The third-order valence-corrected chi connectivity index (χ3v) is 3.58. The van der Waals surface area contributed by atoms with Gasteiger partial charge in [-0.15, -0.1) is 0 Å². The maximum Gasteiger partial charge on any atom is 0.435 e. The minimum Gasteiger partial charge on any atom is -0.380 e. The van der Waals surface area contributed by atoms with E-state index in [1.165, 1.54) is 13.3 Å². The van der Waals surface area contributed by atoms with Crippen LogP contribution in [-0.2, 0) is 22.3 Å². The topological polar surface area (TPSA) is 82.2 Å². The molecule has 1 heterocycles. The molecule has 2 rings (SSSR count). The summed E-state index contributed by atoms with van der Waals surface area (Å²) in [6.07, 6.45) is -3.39. The molecule has 0 bridgehead atoms. The first-order chi connectivity index (χ1) is 11.8. The lowest BCUT2D eigenvalue weighted by molar-refractivity contribution is -0.141. The summed E-state index contributed by atoms with van der Waals surface area (Å²) in [7, 11) is 1.49. The predicted octanol–water partition coefficient (Wildman–Crippen LogP) is 1.87. The highest BCUT2D eigenvalue weighted by atomic mass is 19.4. The van der Waals surface area contributed by atoms with Crippen LogP contribution in [0, 0.1) is 0 Å². The standard InChI is InChI=1S/C16H19F3N4O2/c1-25-13(9-20)8-15(24)21-10-11-2-4-12(5-3-11)23-7-6-14(22-23)16(17,18)19/h2-7,13H,8-10,20H2,1H3,(H,21,24). The Kier molecular flexibility index (Phi) is 6.16.